The van der Waals surface area contributed by atoms with Crippen LogP contribution in [0, 0.1) is 4.91 Å². The van der Waals surface area contributed by atoms with Crippen molar-refractivity contribution >= 4 is 14.2 Å². The van der Waals surface area contributed by atoms with Crippen LogP contribution >= 0.6 is 0 Å². The van der Waals surface area contributed by atoms with Gasteiger partial charge in [-0.1, -0.05) is 32.9 Å². The van der Waals surface area contributed by atoms with Crippen molar-refractivity contribution in [3.63, 3.8) is 0 Å². The van der Waals surface area contributed by atoms with Crippen LogP contribution in [-0.4, -0.2) is 20.3 Å². The summed E-state index contributed by atoms with van der Waals surface area (Å²) in [5.41, 5.74) is 0.756. The lowest BCUT2D eigenvalue weighted by atomic mass is 10.1. The molecule has 98 valence electrons. The molecule has 0 fully saturated rings. The molecule has 0 spiro atoms. The lowest BCUT2D eigenvalue weighted by molar-refractivity contribution is -0.119. The molecule has 0 saturated carbocycles. The molecule has 1 atom stereocenters. The SMILES string of the molecule is C=C(C)C(CC(=O)N=O)O[Si](C)(C)C(C)(C)C. The van der Waals surface area contributed by atoms with Gasteiger partial charge in [-0.2, -0.15) is 0 Å². The molecular weight excluding hydrogens is 234 g/mol. The molecule has 0 aliphatic heterocycles. The van der Waals surface area contributed by atoms with Gasteiger partial charge in [0.15, 0.2) is 8.32 Å². The lowest BCUT2D eigenvalue weighted by Gasteiger charge is -2.39. The van der Waals surface area contributed by atoms with Crippen molar-refractivity contribution in [1.29, 1.82) is 0 Å². The minimum absolute atomic E-state index is 0.00859. The van der Waals surface area contributed by atoms with Gasteiger partial charge < -0.3 is 4.43 Å². The normalized spacial score (nSPS) is 14.2. The first-order chi connectivity index (χ1) is 7.51. The second-order valence-electron chi connectivity index (χ2n) is 5.90. The molecule has 0 aromatic rings. The van der Waals surface area contributed by atoms with Crippen molar-refractivity contribution in [2.24, 2.45) is 5.18 Å². The number of rotatable bonds is 5. The molecule has 0 N–H and O–H groups in total. The van der Waals surface area contributed by atoms with Gasteiger partial charge in [-0.15, -0.1) is 4.91 Å². The van der Waals surface area contributed by atoms with Gasteiger partial charge in [-0.05, 0) is 25.1 Å². The van der Waals surface area contributed by atoms with E-state index in [1.54, 1.807) is 6.92 Å². The Balaban J connectivity index is 4.83. The van der Waals surface area contributed by atoms with Gasteiger partial charge in [-0.3, -0.25) is 4.79 Å². The van der Waals surface area contributed by atoms with Crippen molar-refractivity contribution in [3.05, 3.63) is 17.1 Å². The highest BCUT2D eigenvalue weighted by atomic mass is 28.4. The minimum atomic E-state index is -1.97. The lowest BCUT2D eigenvalue weighted by Crippen LogP contribution is -2.44. The summed E-state index contributed by atoms with van der Waals surface area (Å²) in [4.78, 5) is 21.2. The molecule has 0 aromatic heterocycles. The molecule has 0 aliphatic carbocycles. The summed E-state index contributed by atoms with van der Waals surface area (Å²) in [5.74, 6) is -0.684. The Kier molecular flexibility index (Phi) is 5.41. The largest absolute Gasteiger partial charge is 0.410 e. The van der Waals surface area contributed by atoms with Gasteiger partial charge in [0.1, 0.15) is 0 Å². The van der Waals surface area contributed by atoms with Crippen LogP contribution in [0.2, 0.25) is 18.1 Å². The fourth-order valence-electron chi connectivity index (χ4n) is 1.04. The van der Waals surface area contributed by atoms with Crippen molar-refractivity contribution in [1.82, 2.24) is 0 Å². The van der Waals surface area contributed by atoms with Crippen LogP contribution in [0.15, 0.2) is 17.3 Å². The standard InChI is InChI=1S/C12H23NO3Si/c1-9(2)10(8-11(14)13-15)16-17(6,7)12(3,4)5/h10H,1,8H2,2-7H3. The third-order valence-corrected chi connectivity index (χ3v) is 7.74. The quantitative estimate of drug-likeness (QED) is 0.429. The van der Waals surface area contributed by atoms with E-state index in [1.165, 1.54) is 0 Å². The predicted molar refractivity (Wildman–Crippen MR) is 72.3 cm³/mol. The van der Waals surface area contributed by atoms with Gasteiger partial charge in [0.2, 0.25) is 0 Å². The van der Waals surface area contributed by atoms with Crippen LogP contribution in [0.25, 0.3) is 0 Å². The zero-order valence-corrected chi connectivity index (χ0v) is 12.7. The highest BCUT2D eigenvalue weighted by molar-refractivity contribution is 6.74. The maximum absolute atomic E-state index is 11.1. The zero-order chi connectivity index (χ0) is 13.9. The first-order valence-corrected chi connectivity index (χ1v) is 8.61. The van der Waals surface area contributed by atoms with Crippen LogP contribution in [0.3, 0.4) is 0 Å². The minimum Gasteiger partial charge on any atom is -0.410 e. The van der Waals surface area contributed by atoms with Gasteiger partial charge in [0, 0.05) is 5.18 Å². The zero-order valence-electron chi connectivity index (χ0n) is 11.7. The van der Waals surface area contributed by atoms with Crippen LogP contribution in [0.4, 0.5) is 0 Å². The van der Waals surface area contributed by atoms with Gasteiger partial charge in [0.05, 0.1) is 12.5 Å². The van der Waals surface area contributed by atoms with Gasteiger partial charge >= 0.3 is 0 Å². The van der Waals surface area contributed by atoms with E-state index in [2.05, 4.69) is 45.6 Å². The molecule has 0 radical (unpaired) electrons. The van der Waals surface area contributed by atoms with Crippen molar-refractivity contribution in [2.75, 3.05) is 0 Å². The second-order valence-corrected chi connectivity index (χ2v) is 10.7. The van der Waals surface area contributed by atoms with Crippen molar-refractivity contribution < 1.29 is 9.22 Å². The smallest absolute Gasteiger partial charge is 0.289 e. The third kappa shape index (κ3) is 4.91. The molecule has 0 aliphatic rings. The molecule has 0 heterocycles. The first kappa shape index (κ1) is 16.2. The van der Waals surface area contributed by atoms with Crippen molar-refractivity contribution in [3.8, 4) is 0 Å². The fourth-order valence-corrected chi connectivity index (χ4v) is 2.39. The summed E-state index contributed by atoms with van der Waals surface area (Å²) >= 11 is 0. The number of carbonyl (C=O) groups excluding carboxylic acids is 1. The maximum atomic E-state index is 11.1. The average Bonchev–Trinajstić information content (AvgIpc) is 2.14. The van der Waals surface area contributed by atoms with Gasteiger partial charge in [0.25, 0.3) is 5.91 Å². The summed E-state index contributed by atoms with van der Waals surface area (Å²) < 4.78 is 6.06. The maximum Gasteiger partial charge on any atom is 0.289 e. The number of hydrogen-bond donors (Lipinski definition) is 0. The van der Waals surface area contributed by atoms with E-state index in [1.807, 2.05) is 0 Å². The van der Waals surface area contributed by atoms with E-state index in [9.17, 15) is 9.70 Å². The predicted octanol–water partition coefficient (Wildman–Crippen LogP) is 3.64. The topological polar surface area (TPSA) is 55.7 Å². The Morgan fingerprint density at radius 2 is 1.88 bits per heavy atom. The molecule has 5 heteroatoms. The van der Waals surface area contributed by atoms with Crippen LogP contribution in [0.1, 0.15) is 34.1 Å². The number of amides is 1. The average molecular weight is 257 g/mol. The molecule has 4 nitrogen and oxygen atoms in total. The van der Waals surface area contributed by atoms with Crippen molar-refractivity contribution in [2.45, 2.75) is 58.4 Å². The summed E-state index contributed by atoms with van der Waals surface area (Å²) in [6, 6.07) is 0. The monoisotopic (exact) mass is 257 g/mol. The second kappa shape index (κ2) is 5.69. The van der Waals surface area contributed by atoms with Gasteiger partial charge in [-0.25, -0.2) is 0 Å². The highest BCUT2D eigenvalue weighted by Gasteiger charge is 2.39. The molecule has 0 rings (SSSR count). The third-order valence-electron chi connectivity index (χ3n) is 3.25. The molecule has 1 amide bonds. The number of carbonyl (C=O) groups is 1. The van der Waals surface area contributed by atoms with E-state index in [0.717, 1.165) is 5.57 Å². The number of hydrogen-bond acceptors (Lipinski definition) is 3. The Morgan fingerprint density at radius 1 is 1.41 bits per heavy atom. The van der Waals surface area contributed by atoms with E-state index in [0.29, 0.717) is 0 Å². The summed E-state index contributed by atoms with van der Waals surface area (Å²) in [7, 11) is -1.97. The van der Waals surface area contributed by atoms with Crippen LogP contribution in [-0.2, 0) is 9.22 Å². The molecular formula is C12H23NO3Si. The number of nitroso groups, excluding NO2 is 1. The summed E-state index contributed by atoms with van der Waals surface area (Å²) in [6.07, 6.45) is -0.410. The van der Waals surface area contributed by atoms with E-state index < -0.39 is 20.3 Å². The Bertz CT molecular complexity index is 318. The molecule has 1 unspecified atom stereocenters. The molecule has 0 aromatic carbocycles. The van der Waals surface area contributed by atoms with E-state index in [-0.39, 0.29) is 11.5 Å². The molecule has 0 bridgehead atoms. The van der Waals surface area contributed by atoms with E-state index in [4.69, 9.17) is 4.43 Å². The molecule has 0 saturated heterocycles. The first-order valence-electron chi connectivity index (χ1n) is 5.70. The Labute approximate surface area is 105 Å². The summed E-state index contributed by atoms with van der Waals surface area (Å²) in [5, 5.41) is 2.46. The van der Waals surface area contributed by atoms with Crippen LogP contribution in [0.5, 0.6) is 0 Å². The van der Waals surface area contributed by atoms with Crippen LogP contribution < -0.4 is 0 Å². The fraction of sp³-hybridized carbons (Fsp3) is 0.750. The summed E-state index contributed by atoms with van der Waals surface area (Å²) in [6.45, 7) is 16.2. The number of nitrogens with zero attached hydrogens (tertiary/aromatic N) is 1. The van der Waals surface area contributed by atoms with E-state index >= 15 is 0 Å². The highest BCUT2D eigenvalue weighted by Crippen LogP contribution is 2.38. The Hall–Kier alpha value is -0.813. The Morgan fingerprint density at radius 3 is 2.18 bits per heavy atom. The molecule has 17 heavy (non-hydrogen) atoms.